The van der Waals surface area contributed by atoms with Crippen molar-refractivity contribution in [3.05, 3.63) is 46.0 Å². The fourth-order valence-electron chi connectivity index (χ4n) is 3.18. The van der Waals surface area contributed by atoms with Crippen LogP contribution in [-0.4, -0.2) is 56.1 Å². The first-order valence-corrected chi connectivity index (χ1v) is 10.5. The van der Waals surface area contributed by atoms with Crippen LogP contribution in [0.15, 0.2) is 34.1 Å². The molecule has 1 aliphatic heterocycles. The van der Waals surface area contributed by atoms with E-state index in [1.165, 1.54) is 11.3 Å². The molecule has 0 spiro atoms. The van der Waals surface area contributed by atoms with E-state index in [2.05, 4.69) is 15.5 Å². The molecule has 0 saturated carbocycles. The lowest BCUT2D eigenvalue weighted by molar-refractivity contribution is -0.121. The van der Waals surface area contributed by atoms with Gasteiger partial charge in [0.2, 0.25) is 5.91 Å². The molecule has 1 atom stereocenters. The molecule has 0 aromatic carbocycles. The molecular formula is C20H27N3O4S. The second-order valence-corrected chi connectivity index (χ2v) is 7.70. The van der Waals surface area contributed by atoms with Crippen LogP contribution in [0.5, 0.6) is 0 Å². The minimum Gasteiger partial charge on any atom is -0.465 e. The van der Waals surface area contributed by atoms with Crippen LogP contribution in [0.25, 0.3) is 0 Å². The zero-order valence-electron chi connectivity index (χ0n) is 16.1. The number of thiophene rings is 1. The molecule has 2 N–H and O–H groups in total. The third-order valence-corrected chi connectivity index (χ3v) is 5.55. The van der Waals surface area contributed by atoms with Crippen molar-refractivity contribution < 1.29 is 18.7 Å². The molecule has 0 radical (unpaired) electrons. The van der Waals surface area contributed by atoms with E-state index in [0.29, 0.717) is 44.0 Å². The summed E-state index contributed by atoms with van der Waals surface area (Å²) in [6, 6.07) is 7.55. The van der Waals surface area contributed by atoms with Gasteiger partial charge in [-0.25, -0.2) is 0 Å². The number of hydrogen-bond donors (Lipinski definition) is 2. The highest BCUT2D eigenvalue weighted by Gasteiger charge is 2.25. The number of carbonyl (C=O) groups is 2. The SMILES string of the molecule is Cc1ccc(C(CNC(=O)CCCNC(=O)c2cccs2)N2CCOCC2)o1. The molecule has 3 heterocycles. The monoisotopic (exact) mass is 405 g/mol. The number of rotatable bonds is 9. The number of hydrogen-bond acceptors (Lipinski definition) is 6. The number of furan rings is 1. The first-order valence-electron chi connectivity index (χ1n) is 9.60. The Kier molecular flexibility index (Phi) is 7.64. The Morgan fingerprint density at radius 1 is 1.21 bits per heavy atom. The zero-order valence-corrected chi connectivity index (χ0v) is 16.9. The molecule has 0 bridgehead atoms. The van der Waals surface area contributed by atoms with Crippen LogP contribution in [0, 0.1) is 6.92 Å². The van der Waals surface area contributed by atoms with Crippen LogP contribution < -0.4 is 10.6 Å². The Balaban J connectivity index is 1.42. The second-order valence-electron chi connectivity index (χ2n) is 6.75. The standard InChI is InChI=1S/C20H27N3O4S/c1-15-6-7-17(27-15)16(23-9-11-26-12-10-23)14-22-19(24)5-2-8-21-20(25)18-4-3-13-28-18/h3-4,6-7,13,16H,2,5,8-12,14H2,1H3,(H,21,25)(H,22,24). The lowest BCUT2D eigenvalue weighted by atomic mass is 10.1. The van der Waals surface area contributed by atoms with E-state index in [4.69, 9.17) is 9.15 Å². The van der Waals surface area contributed by atoms with Crippen LogP contribution >= 0.6 is 11.3 Å². The molecular weight excluding hydrogens is 378 g/mol. The van der Waals surface area contributed by atoms with Crippen molar-refractivity contribution in [3.8, 4) is 0 Å². The molecule has 2 aromatic rings. The normalized spacial score (nSPS) is 15.9. The van der Waals surface area contributed by atoms with E-state index in [9.17, 15) is 9.59 Å². The second kappa shape index (κ2) is 10.4. The lowest BCUT2D eigenvalue weighted by Crippen LogP contribution is -2.43. The summed E-state index contributed by atoms with van der Waals surface area (Å²) in [4.78, 5) is 27.1. The summed E-state index contributed by atoms with van der Waals surface area (Å²) in [5.74, 6) is 1.62. The average Bonchev–Trinajstić information content (AvgIpc) is 3.38. The molecule has 1 saturated heterocycles. The van der Waals surface area contributed by atoms with Crippen molar-refractivity contribution in [2.75, 3.05) is 39.4 Å². The van der Waals surface area contributed by atoms with Crippen molar-refractivity contribution >= 4 is 23.2 Å². The van der Waals surface area contributed by atoms with Gasteiger partial charge in [-0.1, -0.05) is 6.07 Å². The molecule has 1 unspecified atom stereocenters. The largest absolute Gasteiger partial charge is 0.465 e. The van der Waals surface area contributed by atoms with Crippen molar-refractivity contribution in [2.24, 2.45) is 0 Å². The van der Waals surface area contributed by atoms with E-state index in [0.717, 1.165) is 24.6 Å². The van der Waals surface area contributed by atoms with Gasteiger partial charge in [-0.05, 0) is 36.9 Å². The van der Waals surface area contributed by atoms with E-state index in [1.807, 2.05) is 30.5 Å². The maximum atomic E-state index is 12.2. The van der Waals surface area contributed by atoms with Crippen molar-refractivity contribution in [2.45, 2.75) is 25.8 Å². The number of carbonyl (C=O) groups excluding carboxylic acids is 2. The van der Waals surface area contributed by atoms with Gasteiger partial charge in [0.25, 0.3) is 5.91 Å². The minimum absolute atomic E-state index is 0.0000753. The molecule has 2 amide bonds. The van der Waals surface area contributed by atoms with Crippen LogP contribution in [-0.2, 0) is 9.53 Å². The fourth-order valence-corrected chi connectivity index (χ4v) is 3.82. The number of morpholine rings is 1. The van der Waals surface area contributed by atoms with Gasteiger partial charge in [-0.3, -0.25) is 14.5 Å². The van der Waals surface area contributed by atoms with Gasteiger partial charge in [0, 0.05) is 32.6 Å². The third-order valence-electron chi connectivity index (χ3n) is 4.68. The Bertz CT molecular complexity index is 753. The van der Waals surface area contributed by atoms with Crippen LogP contribution in [0.4, 0.5) is 0 Å². The summed E-state index contributed by atoms with van der Waals surface area (Å²) in [5.41, 5.74) is 0. The highest BCUT2D eigenvalue weighted by molar-refractivity contribution is 7.12. The van der Waals surface area contributed by atoms with Crippen LogP contribution in [0.3, 0.4) is 0 Å². The Morgan fingerprint density at radius 3 is 2.71 bits per heavy atom. The summed E-state index contributed by atoms with van der Waals surface area (Å²) in [5, 5.41) is 7.72. The summed E-state index contributed by atoms with van der Waals surface area (Å²) in [7, 11) is 0. The van der Waals surface area contributed by atoms with Gasteiger partial charge in [0.05, 0.1) is 24.1 Å². The fraction of sp³-hybridized carbons (Fsp3) is 0.500. The third kappa shape index (κ3) is 5.92. The highest BCUT2D eigenvalue weighted by Crippen LogP contribution is 2.23. The lowest BCUT2D eigenvalue weighted by Gasteiger charge is -2.33. The van der Waals surface area contributed by atoms with Gasteiger partial charge in [-0.15, -0.1) is 11.3 Å². The van der Waals surface area contributed by atoms with Crippen LogP contribution in [0.2, 0.25) is 0 Å². The first kappa shape index (κ1) is 20.6. The molecule has 152 valence electrons. The van der Waals surface area contributed by atoms with E-state index < -0.39 is 0 Å². The number of nitrogens with one attached hydrogen (secondary N) is 2. The van der Waals surface area contributed by atoms with Gasteiger partial charge in [0.15, 0.2) is 0 Å². The summed E-state index contributed by atoms with van der Waals surface area (Å²) >= 11 is 1.41. The highest BCUT2D eigenvalue weighted by atomic mass is 32.1. The molecule has 1 aliphatic rings. The Labute approximate surface area is 169 Å². The quantitative estimate of drug-likeness (QED) is 0.626. The summed E-state index contributed by atoms with van der Waals surface area (Å²) in [6.45, 7) is 5.90. The molecule has 1 fully saturated rings. The summed E-state index contributed by atoms with van der Waals surface area (Å²) in [6.07, 6.45) is 0.975. The molecule has 28 heavy (non-hydrogen) atoms. The molecule has 7 nitrogen and oxygen atoms in total. The molecule has 0 aliphatic carbocycles. The number of ether oxygens (including phenoxy) is 1. The number of amides is 2. The number of nitrogens with zero attached hydrogens (tertiary/aromatic N) is 1. The molecule has 2 aromatic heterocycles. The van der Waals surface area contributed by atoms with Gasteiger partial charge >= 0.3 is 0 Å². The van der Waals surface area contributed by atoms with Gasteiger partial charge in [0.1, 0.15) is 11.5 Å². The van der Waals surface area contributed by atoms with E-state index in [1.54, 1.807) is 6.07 Å². The topological polar surface area (TPSA) is 83.8 Å². The minimum atomic E-state index is -0.0871. The zero-order chi connectivity index (χ0) is 19.8. The predicted molar refractivity (Wildman–Crippen MR) is 107 cm³/mol. The molecule has 3 rings (SSSR count). The first-order chi connectivity index (χ1) is 13.6. The Morgan fingerprint density at radius 2 is 2.04 bits per heavy atom. The average molecular weight is 406 g/mol. The maximum Gasteiger partial charge on any atom is 0.261 e. The summed E-state index contributed by atoms with van der Waals surface area (Å²) < 4.78 is 11.2. The van der Waals surface area contributed by atoms with Gasteiger partial charge in [-0.2, -0.15) is 0 Å². The van der Waals surface area contributed by atoms with Crippen molar-refractivity contribution in [3.63, 3.8) is 0 Å². The maximum absolute atomic E-state index is 12.2. The van der Waals surface area contributed by atoms with Crippen molar-refractivity contribution in [1.29, 1.82) is 0 Å². The predicted octanol–water partition coefficient (Wildman–Crippen LogP) is 2.35. The smallest absolute Gasteiger partial charge is 0.261 e. The van der Waals surface area contributed by atoms with E-state index >= 15 is 0 Å². The Hall–Kier alpha value is -2.16. The molecule has 8 heteroatoms. The van der Waals surface area contributed by atoms with E-state index in [-0.39, 0.29) is 17.9 Å². The number of aryl methyl sites for hydroxylation is 1. The van der Waals surface area contributed by atoms with Crippen LogP contribution in [0.1, 0.15) is 40.1 Å². The van der Waals surface area contributed by atoms with Gasteiger partial charge < -0.3 is 19.8 Å². The van der Waals surface area contributed by atoms with Crippen molar-refractivity contribution in [1.82, 2.24) is 15.5 Å².